The third-order valence-corrected chi connectivity index (χ3v) is 8.06. The van der Waals surface area contributed by atoms with Crippen molar-refractivity contribution in [3.05, 3.63) is 140 Å². The van der Waals surface area contributed by atoms with Crippen LogP contribution in [0.25, 0.3) is 61.0 Å². The Bertz CT molecular complexity index is 2290. The van der Waals surface area contributed by atoms with Gasteiger partial charge in [-0.2, -0.15) is 0 Å². The van der Waals surface area contributed by atoms with Gasteiger partial charge in [0.2, 0.25) is 0 Å². The highest BCUT2D eigenvalue weighted by molar-refractivity contribution is 6.22. The monoisotopic (exact) mass is 553 g/mol. The first-order chi connectivity index (χ1) is 21.3. The number of para-hydroxylation sites is 2. The molecule has 5 nitrogen and oxygen atoms in total. The van der Waals surface area contributed by atoms with Crippen LogP contribution in [0.15, 0.2) is 140 Å². The van der Waals surface area contributed by atoms with E-state index >= 15 is 0 Å². The summed E-state index contributed by atoms with van der Waals surface area (Å²) < 4.78 is 15.2. The van der Waals surface area contributed by atoms with Crippen LogP contribution in [0.3, 0.4) is 0 Å². The first kappa shape index (κ1) is 23.7. The van der Waals surface area contributed by atoms with Crippen molar-refractivity contribution < 1.29 is 9.47 Å². The molecule has 43 heavy (non-hydrogen) atoms. The lowest BCUT2D eigenvalue weighted by Crippen LogP contribution is -2.05. The number of hydrogen-bond donors (Lipinski definition) is 0. The van der Waals surface area contributed by atoms with Crippen LogP contribution in [0.4, 0.5) is 0 Å². The van der Waals surface area contributed by atoms with Gasteiger partial charge < -0.3 is 9.47 Å². The lowest BCUT2D eigenvalue weighted by molar-refractivity contribution is 0.362. The van der Waals surface area contributed by atoms with Gasteiger partial charge in [-0.3, -0.25) is 4.57 Å². The van der Waals surface area contributed by atoms with Gasteiger partial charge in [0, 0.05) is 28.0 Å². The molecule has 0 N–H and O–H groups in total. The van der Waals surface area contributed by atoms with Gasteiger partial charge in [-0.15, -0.1) is 0 Å². The van der Waals surface area contributed by atoms with Gasteiger partial charge >= 0.3 is 0 Å². The van der Waals surface area contributed by atoms with Crippen LogP contribution in [0.2, 0.25) is 0 Å². The van der Waals surface area contributed by atoms with Crippen molar-refractivity contribution in [2.24, 2.45) is 0 Å². The Hall–Kier alpha value is -5.94. The van der Waals surface area contributed by atoms with Crippen LogP contribution in [0, 0.1) is 0 Å². The highest BCUT2D eigenvalue weighted by Gasteiger charge is 2.27. The van der Waals surface area contributed by atoms with Gasteiger partial charge in [-0.25, -0.2) is 9.97 Å². The van der Waals surface area contributed by atoms with E-state index in [1.807, 2.05) is 78.9 Å². The number of hydrogen-bond acceptors (Lipinski definition) is 4. The molecule has 0 saturated heterocycles. The van der Waals surface area contributed by atoms with Crippen molar-refractivity contribution in [3.8, 4) is 51.5 Å². The molecule has 5 heteroatoms. The fourth-order valence-electron chi connectivity index (χ4n) is 6.11. The first-order valence-electron chi connectivity index (χ1n) is 14.3. The van der Waals surface area contributed by atoms with Crippen molar-refractivity contribution in [3.63, 3.8) is 0 Å². The molecule has 0 unspecified atom stereocenters. The molecule has 9 rings (SSSR count). The summed E-state index contributed by atoms with van der Waals surface area (Å²) in [6.45, 7) is 0. The minimum absolute atomic E-state index is 0.653. The minimum atomic E-state index is 0.653. The summed E-state index contributed by atoms with van der Waals surface area (Å²) in [7, 11) is 0. The van der Waals surface area contributed by atoms with Crippen LogP contribution in [-0.4, -0.2) is 14.5 Å². The van der Waals surface area contributed by atoms with Crippen LogP contribution in [0.1, 0.15) is 0 Å². The molecule has 0 bridgehead atoms. The fourth-order valence-corrected chi connectivity index (χ4v) is 6.11. The standard InChI is InChI=1S/C38H23N3O2/c1-3-12-25(13-4-1)29-23-34(40-38(39-29)26-14-5-2-6-15-26)41-30-21-19-24-11-7-8-16-27(24)35(30)28-20-22-33-37(36(28)41)43-32-18-10-9-17-31(32)42-33/h1-23H. The average molecular weight is 554 g/mol. The summed E-state index contributed by atoms with van der Waals surface area (Å²) >= 11 is 0. The van der Waals surface area contributed by atoms with Gasteiger partial charge in [0.1, 0.15) is 11.3 Å². The molecule has 0 radical (unpaired) electrons. The molecule has 1 aliphatic rings. The van der Waals surface area contributed by atoms with Gasteiger partial charge in [0.05, 0.1) is 11.2 Å². The lowest BCUT2D eigenvalue weighted by Gasteiger charge is -2.22. The second-order valence-corrected chi connectivity index (χ2v) is 10.6. The molecular formula is C38H23N3O2. The molecule has 0 aliphatic carbocycles. The molecule has 202 valence electrons. The largest absolute Gasteiger partial charge is 0.449 e. The van der Waals surface area contributed by atoms with Crippen molar-refractivity contribution in [2.75, 3.05) is 0 Å². The Balaban J connectivity index is 1.42. The van der Waals surface area contributed by atoms with Crippen molar-refractivity contribution in [1.82, 2.24) is 14.5 Å². The summed E-state index contributed by atoms with van der Waals surface area (Å²) in [5, 5.41) is 4.54. The quantitative estimate of drug-likeness (QED) is 0.218. The molecule has 0 atom stereocenters. The molecule has 8 aromatic rings. The third-order valence-electron chi connectivity index (χ3n) is 8.06. The summed E-state index contributed by atoms with van der Waals surface area (Å²) in [6, 6.07) is 47.2. The summed E-state index contributed by atoms with van der Waals surface area (Å²) in [5.74, 6) is 4.11. The first-order valence-corrected chi connectivity index (χ1v) is 14.3. The molecule has 0 fully saturated rings. The molecule has 0 amide bonds. The van der Waals surface area contributed by atoms with Crippen LogP contribution in [0.5, 0.6) is 23.0 Å². The summed E-state index contributed by atoms with van der Waals surface area (Å²) in [6.07, 6.45) is 0. The Kier molecular flexibility index (Phi) is 5.13. The SMILES string of the molecule is c1ccc(-c2cc(-n3c4ccc5ccccc5c4c4ccc5c(c43)Oc3ccccc3O5)nc(-c3ccccc3)n2)cc1. The number of fused-ring (bicyclic) bond motifs is 8. The maximum Gasteiger partial charge on any atom is 0.194 e. The molecule has 2 aromatic heterocycles. The smallest absolute Gasteiger partial charge is 0.194 e. The third kappa shape index (κ3) is 3.72. The number of ether oxygens (including phenoxy) is 2. The second kappa shape index (κ2) is 9.29. The van der Waals surface area contributed by atoms with E-state index in [0.717, 1.165) is 44.4 Å². The van der Waals surface area contributed by atoms with E-state index in [1.165, 1.54) is 10.8 Å². The Morgan fingerprint density at radius 3 is 2.02 bits per heavy atom. The van der Waals surface area contributed by atoms with Gasteiger partial charge in [0.15, 0.2) is 28.8 Å². The average Bonchev–Trinajstić information content (AvgIpc) is 3.43. The Morgan fingerprint density at radius 2 is 1.21 bits per heavy atom. The Morgan fingerprint density at radius 1 is 0.512 bits per heavy atom. The molecule has 3 heterocycles. The van der Waals surface area contributed by atoms with E-state index in [1.54, 1.807) is 0 Å². The number of benzene rings is 6. The summed E-state index contributed by atoms with van der Waals surface area (Å²) in [5.41, 5.74) is 4.73. The topological polar surface area (TPSA) is 49.2 Å². The number of aromatic nitrogens is 3. The maximum atomic E-state index is 6.64. The molecule has 0 spiro atoms. The van der Waals surface area contributed by atoms with E-state index in [0.29, 0.717) is 28.8 Å². The number of rotatable bonds is 3. The fraction of sp³-hybridized carbons (Fsp3) is 0. The molecular weight excluding hydrogens is 530 g/mol. The maximum absolute atomic E-state index is 6.64. The van der Waals surface area contributed by atoms with E-state index in [9.17, 15) is 0 Å². The lowest BCUT2D eigenvalue weighted by atomic mass is 10.0. The zero-order chi connectivity index (χ0) is 28.3. The predicted molar refractivity (Wildman–Crippen MR) is 171 cm³/mol. The second-order valence-electron chi connectivity index (χ2n) is 10.6. The predicted octanol–water partition coefficient (Wildman–Crippen LogP) is 9.96. The van der Waals surface area contributed by atoms with Crippen molar-refractivity contribution in [2.45, 2.75) is 0 Å². The molecule has 0 saturated carbocycles. The van der Waals surface area contributed by atoms with Crippen molar-refractivity contribution >= 4 is 32.6 Å². The normalized spacial score (nSPS) is 12.1. The van der Waals surface area contributed by atoms with E-state index in [4.69, 9.17) is 19.4 Å². The Labute approximate surface area is 247 Å². The summed E-state index contributed by atoms with van der Waals surface area (Å²) in [4.78, 5) is 10.2. The van der Waals surface area contributed by atoms with Crippen LogP contribution >= 0.6 is 0 Å². The molecule has 6 aromatic carbocycles. The molecule has 1 aliphatic heterocycles. The van der Waals surface area contributed by atoms with Gasteiger partial charge in [0.25, 0.3) is 0 Å². The zero-order valence-electron chi connectivity index (χ0n) is 22.9. The number of nitrogens with zero attached hydrogens (tertiary/aromatic N) is 3. The van der Waals surface area contributed by atoms with Crippen LogP contribution in [-0.2, 0) is 0 Å². The highest BCUT2D eigenvalue weighted by Crippen LogP contribution is 2.51. The van der Waals surface area contributed by atoms with E-state index < -0.39 is 0 Å². The minimum Gasteiger partial charge on any atom is -0.449 e. The van der Waals surface area contributed by atoms with Gasteiger partial charge in [-0.1, -0.05) is 103 Å². The van der Waals surface area contributed by atoms with Crippen molar-refractivity contribution in [1.29, 1.82) is 0 Å². The highest BCUT2D eigenvalue weighted by atomic mass is 16.6. The van der Waals surface area contributed by atoms with Gasteiger partial charge in [-0.05, 0) is 41.1 Å². The van der Waals surface area contributed by atoms with E-state index in [2.05, 4.69) is 65.2 Å². The van der Waals surface area contributed by atoms with Crippen LogP contribution < -0.4 is 9.47 Å². The van der Waals surface area contributed by atoms with E-state index in [-0.39, 0.29) is 0 Å². The zero-order valence-corrected chi connectivity index (χ0v) is 22.9.